The van der Waals surface area contributed by atoms with Gasteiger partial charge in [0.25, 0.3) is 0 Å². The first-order valence-electron chi connectivity index (χ1n) is 6.89. The summed E-state index contributed by atoms with van der Waals surface area (Å²) in [6, 6.07) is 0.548. The van der Waals surface area contributed by atoms with Crippen LogP contribution in [-0.4, -0.2) is 11.5 Å². The van der Waals surface area contributed by atoms with E-state index in [0.717, 1.165) is 12.5 Å². The van der Waals surface area contributed by atoms with Crippen LogP contribution in [0.5, 0.6) is 0 Å². The first kappa shape index (κ1) is 13.0. The van der Waals surface area contributed by atoms with E-state index in [4.69, 9.17) is 0 Å². The van der Waals surface area contributed by atoms with Gasteiger partial charge in [-0.25, -0.2) is 4.98 Å². The fourth-order valence-electron chi connectivity index (χ4n) is 3.00. The molecule has 2 nitrogen and oxygen atoms in total. The van der Waals surface area contributed by atoms with Gasteiger partial charge in [-0.05, 0) is 39.2 Å². The molecule has 1 aromatic rings. The summed E-state index contributed by atoms with van der Waals surface area (Å²) in [5.41, 5.74) is 1.24. The van der Waals surface area contributed by atoms with Crippen LogP contribution >= 0.6 is 11.3 Å². The van der Waals surface area contributed by atoms with E-state index >= 15 is 0 Å². The molecule has 0 radical (unpaired) electrons. The van der Waals surface area contributed by atoms with Gasteiger partial charge < -0.3 is 5.32 Å². The maximum absolute atomic E-state index is 4.59. The summed E-state index contributed by atoms with van der Waals surface area (Å²) >= 11 is 1.88. The Hall–Kier alpha value is -0.410. The Bertz CT molecular complexity index is 353. The van der Waals surface area contributed by atoms with Gasteiger partial charge in [-0.15, -0.1) is 11.3 Å². The van der Waals surface area contributed by atoms with Gasteiger partial charge in [-0.3, -0.25) is 0 Å². The van der Waals surface area contributed by atoms with Gasteiger partial charge >= 0.3 is 0 Å². The fraction of sp³-hybridized carbons (Fsp3) is 0.786. The molecule has 3 heteroatoms. The second-order valence-corrected chi connectivity index (χ2v) is 6.35. The molecule has 0 aliphatic heterocycles. The number of hydrogen-bond donors (Lipinski definition) is 1. The molecule has 17 heavy (non-hydrogen) atoms. The van der Waals surface area contributed by atoms with Crippen molar-refractivity contribution in [3.8, 4) is 0 Å². The molecule has 0 spiro atoms. The van der Waals surface area contributed by atoms with E-state index in [0.29, 0.717) is 6.04 Å². The van der Waals surface area contributed by atoms with Gasteiger partial charge in [0.1, 0.15) is 0 Å². The largest absolute Gasteiger partial charge is 0.309 e. The highest BCUT2D eigenvalue weighted by Crippen LogP contribution is 2.37. The minimum Gasteiger partial charge on any atom is -0.309 e. The summed E-state index contributed by atoms with van der Waals surface area (Å²) in [5.74, 6) is 0.822. The van der Waals surface area contributed by atoms with Crippen molar-refractivity contribution < 1.29 is 0 Å². The number of aryl methyl sites for hydroxylation is 2. The molecule has 1 aromatic heterocycles. The third-order valence-corrected chi connectivity index (χ3v) is 4.92. The molecule has 0 amide bonds. The van der Waals surface area contributed by atoms with E-state index in [2.05, 4.69) is 31.1 Å². The number of rotatable bonds is 4. The van der Waals surface area contributed by atoms with Crippen LogP contribution in [0.3, 0.4) is 0 Å². The van der Waals surface area contributed by atoms with Crippen LogP contribution in [0.2, 0.25) is 0 Å². The van der Waals surface area contributed by atoms with Crippen molar-refractivity contribution in [1.82, 2.24) is 10.3 Å². The molecule has 1 atom stereocenters. The molecule has 1 fully saturated rings. The van der Waals surface area contributed by atoms with Gasteiger partial charge in [0.15, 0.2) is 0 Å². The average Bonchev–Trinajstić information content (AvgIpc) is 2.66. The van der Waals surface area contributed by atoms with Crippen LogP contribution in [-0.2, 0) is 0 Å². The summed E-state index contributed by atoms with van der Waals surface area (Å²) in [7, 11) is 0. The summed E-state index contributed by atoms with van der Waals surface area (Å²) in [6.45, 7) is 7.54. The molecule has 96 valence electrons. The first-order valence-corrected chi connectivity index (χ1v) is 7.71. The van der Waals surface area contributed by atoms with E-state index in [-0.39, 0.29) is 0 Å². The maximum Gasteiger partial charge on any atom is 0.0900 e. The Morgan fingerprint density at radius 2 is 2.00 bits per heavy atom. The van der Waals surface area contributed by atoms with Gasteiger partial charge in [0.2, 0.25) is 0 Å². The van der Waals surface area contributed by atoms with E-state index < -0.39 is 0 Å². The fourth-order valence-corrected chi connectivity index (χ4v) is 4.09. The van der Waals surface area contributed by atoms with Crippen molar-refractivity contribution in [2.24, 2.45) is 5.92 Å². The SMILES string of the molecule is CCNC(c1sc(C)nc1C)C1CCCCC1. The molecule has 1 saturated carbocycles. The van der Waals surface area contributed by atoms with Gasteiger partial charge in [0.05, 0.1) is 10.7 Å². The van der Waals surface area contributed by atoms with Crippen molar-refractivity contribution in [3.63, 3.8) is 0 Å². The van der Waals surface area contributed by atoms with E-state index in [1.54, 1.807) is 0 Å². The lowest BCUT2D eigenvalue weighted by Crippen LogP contribution is -2.29. The van der Waals surface area contributed by atoms with Crippen molar-refractivity contribution in [1.29, 1.82) is 0 Å². The molecular weight excluding hydrogens is 228 g/mol. The normalized spacial score (nSPS) is 19.5. The van der Waals surface area contributed by atoms with Crippen LogP contribution in [0.4, 0.5) is 0 Å². The zero-order valence-electron chi connectivity index (χ0n) is 11.3. The van der Waals surface area contributed by atoms with Crippen molar-refractivity contribution in [3.05, 3.63) is 15.6 Å². The zero-order valence-corrected chi connectivity index (χ0v) is 12.1. The van der Waals surface area contributed by atoms with Gasteiger partial charge in [-0.2, -0.15) is 0 Å². The number of hydrogen-bond acceptors (Lipinski definition) is 3. The predicted octanol–water partition coefficient (Wildman–Crippen LogP) is 3.99. The van der Waals surface area contributed by atoms with Gasteiger partial charge in [0, 0.05) is 10.9 Å². The van der Waals surface area contributed by atoms with Crippen molar-refractivity contribution >= 4 is 11.3 Å². The predicted molar refractivity (Wildman–Crippen MR) is 74.6 cm³/mol. The molecular formula is C14H24N2S. The monoisotopic (exact) mass is 252 g/mol. The molecule has 1 heterocycles. The standard InChI is InChI=1S/C14H24N2S/c1-4-15-13(12-8-6-5-7-9-12)14-10(2)16-11(3)17-14/h12-13,15H,4-9H2,1-3H3. The van der Waals surface area contributed by atoms with E-state index in [9.17, 15) is 0 Å². The first-order chi connectivity index (χ1) is 8.22. The molecule has 0 aromatic carbocycles. The number of aromatic nitrogens is 1. The lowest BCUT2D eigenvalue weighted by molar-refractivity contribution is 0.276. The Morgan fingerprint density at radius 3 is 2.53 bits per heavy atom. The molecule has 0 bridgehead atoms. The van der Waals surface area contributed by atoms with Crippen LogP contribution in [0.1, 0.15) is 60.6 Å². The molecule has 1 N–H and O–H groups in total. The Kier molecular flexibility index (Phi) is 4.57. The van der Waals surface area contributed by atoms with Crippen LogP contribution < -0.4 is 5.32 Å². The number of nitrogens with one attached hydrogen (secondary N) is 1. The third kappa shape index (κ3) is 3.08. The van der Waals surface area contributed by atoms with Crippen molar-refractivity contribution in [2.75, 3.05) is 6.54 Å². The van der Waals surface area contributed by atoms with Crippen molar-refractivity contribution in [2.45, 2.75) is 58.9 Å². The minimum atomic E-state index is 0.548. The number of nitrogens with zero attached hydrogens (tertiary/aromatic N) is 1. The zero-order chi connectivity index (χ0) is 12.3. The minimum absolute atomic E-state index is 0.548. The lowest BCUT2D eigenvalue weighted by atomic mass is 9.83. The molecule has 0 saturated heterocycles. The lowest BCUT2D eigenvalue weighted by Gasteiger charge is -2.30. The molecule has 1 unspecified atom stereocenters. The quantitative estimate of drug-likeness (QED) is 0.876. The summed E-state index contributed by atoms with van der Waals surface area (Å²) in [5, 5.41) is 4.90. The second-order valence-electron chi connectivity index (χ2n) is 5.12. The Labute approximate surface area is 109 Å². The molecule has 1 aliphatic rings. The second kappa shape index (κ2) is 5.96. The van der Waals surface area contributed by atoms with Crippen LogP contribution in [0.25, 0.3) is 0 Å². The number of thiazole rings is 1. The molecule has 1 aliphatic carbocycles. The summed E-state index contributed by atoms with van der Waals surface area (Å²) < 4.78 is 0. The smallest absolute Gasteiger partial charge is 0.0900 e. The van der Waals surface area contributed by atoms with Crippen LogP contribution in [0, 0.1) is 19.8 Å². The highest BCUT2D eigenvalue weighted by molar-refractivity contribution is 7.11. The molecule has 2 rings (SSSR count). The maximum atomic E-state index is 4.59. The topological polar surface area (TPSA) is 24.9 Å². The highest BCUT2D eigenvalue weighted by atomic mass is 32.1. The highest BCUT2D eigenvalue weighted by Gasteiger charge is 2.27. The summed E-state index contributed by atoms with van der Waals surface area (Å²) in [6.07, 6.45) is 7.00. The average molecular weight is 252 g/mol. The Balaban J connectivity index is 2.18. The van der Waals surface area contributed by atoms with E-state index in [1.807, 2.05) is 11.3 Å². The van der Waals surface area contributed by atoms with Crippen LogP contribution in [0.15, 0.2) is 0 Å². The van der Waals surface area contributed by atoms with E-state index in [1.165, 1.54) is 47.7 Å². The third-order valence-electron chi connectivity index (χ3n) is 3.77. The summed E-state index contributed by atoms with van der Waals surface area (Å²) in [4.78, 5) is 6.07. The Morgan fingerprint density at radius 1 is 1.29 bits per heavy atom. The van der Waals surface area contributed by atoms with Gasteiger partial charge in [-0.1, -0.05) is 26.2 Å².